The number of fused-ring (bicyclic) bond motifs is 1. The summed E-state index contributed by atoms with van der Waals surface area (Å²) in [5.74, 6) is -0.610. The Hall–Kier alpha value is -2.67. The zero-order valence-electron chi connectivity index (χ0n) is 11.6. The van der Waals surface area contributed by atoms with E-state index < -0.39 is 11.7 Å². The number of anilines is 2. The van der Waals surface area contributed by atoms with Gasteiger partial charge < -0.3 is 15.8 Å². The highest BCUT2D eigenvalue weighted by Gasteiger charge is 2.14. The van der Waals surface area contributed by atoms with Gasteiger partial charge in [-0.15, -0.1) is 0 Å². The zero-order chi connectivity index (χ0) is 15.7. The van der Waals surface area contributed by atoms with Crippen LogP contribution in [0.3, 0.4) is 0 Å². The summed E-state index contributed by atoms with van der Waals surface area (Å²) in [7, 11) is 1.51. The number of nitrogens with one attached hydrogen (secondary N) is 1. The summed E-state index contributed by atoms with van der Waals surface area (Å²) >= 11 is 1.28. The number of halogens is 1. The highest BCUT2D eigenvalue weighted by atomic mass is 32.1. The minimum atomic E-state index is -0.574. The van der Waals surface area contributed by atoms with Crippen LogP contribution in [-0.2, 0) is 0 Å². The highest BCUT2D eigenvalue weighted by molar-refractivity contribution is 7.22. The minimum Gasteiger partial charge on any atom is -0.494 e. The van der Waals surface area contributed by atoms with Gasteiger partial charge in [0.05, 0.1) is 17.4 Å². The number of carbonyl (C=O) groups is 1. The predicted molar refractivity (Wildman–Crippen MR) is 84.9 cm³/mol. The number of carbonyl (C=O) groups excluding carboxylic acids is 1. The van der Waals surface area contributed by atoms with Crippen molar-refractivity contribution in [3.63, 3.8) is 0 Å². The number of nitrogen functional groups attached to an aromatic ring is 1. The van der Waals surface area contributed by atoms with Crippen molar-refractivity contribution in [1.82, 2.24) is 4.98 Å². The number of hydrogen-bond donors (Lipinski definition) is 2. The molecule has 0 bridgehead atoms. The van der Waals surface area contributed by atoms with Gasteiger partial charge in [0.15, 0.2) is 5.13 Å². The molecular weight excluding hydrogens is 305 g/mol. The first-order chi connectivity index (χ1) is 10.6. The standard InChI is InChI=1S/C15H12FN3O2S/c1-21-11-6-8(7-12-13(11)19-15(17)22-12)18-14(20)9-4-2-3-5-10(9)16/h2-7H,1H3,(H2,17,19)(H,18,20). The van der Waals surface area contributed by atoms with Crippen LogP contribution in [0, 0.1) is 5.82 Å². The average molecular weight is 317 g/mol. The number of methoxy groups -OCH3 is 1. The average Bonchev–Trinajstić information content (AvgIpc) is 2.87. The van der Waals surface area contributed by atoms with E-state index in [9.17, 15) is 9.18 Å². The van der Waals surface area contributed by atoms with Gasteiger partial charge in [0, 0.05) is 11.8 Å². The smallest absolute Gasteiger partial charge is 0.258 e. The third-order valence-corrected chi connectivity index (χ3v) is 3.90. The third-order valence-electron chi connectivity index (χ3n) is 3.07. The van der Waals surface area contributed by atoms with Gasteiger partial charge in [-0.1, -0.05) is 23.5 Å². The third kappa shape index (κ3) is 2.58. The molecule has 0 saturated carbocycles. The van der Waals surface area contributed by atoms with Crippen LogP contribution in [0.1, 0.15) is 10.4 Å². The molecule has 0 fully saturated rings. The fraction of sp³-hybridized carbons (Fsp3) is 0.0667. The van der Waals surface area contributed by atoms with Crippen molar-refractivity contribution < 1.29 is 13.9 Å². The van der Waals surface area contributed by atoms with Crippen LogP contribution in [-0.4, -0.2) is 18.0 Å². The normalized spacial score (nSPS) is 10.6. The fourth-order valence-electron chi connectivity index (χ4n) is 2.09. The summed E-state index contributed by atoms with van der Waals surface area (Å²) < 4.78 is 19.7. The van der Waals surface area contributed by atoms with Gasteiger partial charge >= 0.3 is 0 Å². The lowest BCUT2D eigenvalue weighted by molar-refractivity contribution is 0.102. The number of benzene rings is 2. The summed E-state index contributed by atoms with van der Waals surface area (Å²) in [4.78, 5) is 16.3. The molecule has 22 heavy (non-hydrogen) atoms. The van der Waals surface area contributed by atoms with Crippen molar-refractivity contribution >= 4 is 38.3 Å². The van der Waals surface area contributed by atoms with Crippen LogP contribution >= 0.6 is 11.3 Å². The van der Waals surface area contributed by atoms with E-state index in [1.54, 1.807) is 18.2 Å². The maximum Gasteiger partial charge on any atom is 0.258 e. The number of nitrogens with zero attached hydrogens (tertiary/aromatic N) is 1. The molecule has 1 heterocycles. The van der Waals surface area contributed by atoms with E-state index in [-0.39, 0.29) is 5.56 Å². The van der Waals surface area contributed by atoms with Crippen LogP contribution in [0.5, 0.6) is 5.75 Å². The Labute approximate surface area is 129 Å². The summed E-state index contributed by atoms with van der Waals surface area (Å²) in [6, 6.07) is 9.14. The van der Waals surface area contributed by atoms with Gasteiger partial charge in [-0.3, -0.25) is 4.79 Å². The van der Waals surface area contributed by atoms with Crippen LogP contribution in [0.2, 0.25) is 0 Å². The number of nitrogens with two attached hydrogens (primary N) is 1. The molecule has 0 aliphatic heterocycles. The molecule has 3 aromatic rings. The molecule has 1 aromatic heterocycles. The Morgan fingerprint density at radius 2 is 2.14 bits per heavy atom. The van der Waals surface area contributed by atoms with Crippen molar-refractivity contribution in [2.24, 2.45) is 0 Å². The van der Waals surface area contributed by atoms with E-state index in [1.165, 1.54) is 36.6 Å². The first-order valence-electron chi connectivity index (χ1n) is 6.38. The predicted octanol–water partition coefficient (Wildman–Crippen LogP) is 3.28. The molecule has 1 amide bonds. The maximum absolute atomic E-state index is 13.6. The van der Waals surface area contributed by atoms with Crippen LogP contribution in [0.4, 0.5) is 15.2 Å². The van der Waals surface area contributed by atoms with Crippen molar-refractivity contribution in [2.45, 2.75) is 0 Å². The summed E-state index contributed by atoms with van der Waals surface area (Å²) in [6.45, 7) is 0. The van der Waals surface area contributed by atoms with Gasteiger partial charge in [0.1, 0.15) is 17.1 Å². The molecule has 0 unspecified atom stereocenters. The van der Waals surface area contributed by atoms with E-state index >= 15 is 0 Å². The Balaban J connectivity index is 1.97. The lowest BCUT2D eigenvalue weighted by Gasteiger charge is -2.08. The van der Waals surface area contributed by atoms with Crippen LogP contribution in [0.25, 0.3) is 10.2 Å². The quantitative estimate of drug-likeness (QED) is 0.777. The van der Waals surface area contributed by atoms with Crippen LogP contribution < -0.4 is 15.8 Å². The van der Waals surface area contributed by atoms with Gasteiger partial charge in [-0.2, -0.15) is 0 Å². The summed E-state index contributed by atoms with van der Waals surface area (Å²) in [5.41, 5.74) is 6.79. The van der Waals surface area contributed by atoms with Crippen molar-refractivity contribution in [3.05, 3.63) is 47.8 Å². The molecule has 0 spiro atoms. The molecule has 0 aliphatic carbocycles. The lowest BCUT2D eigenvalue weighted by atomic mass is 10.2. The molecule has 3 rings (SSSR count). The Bertz CT molecular complexity index is 863. The highest BCUT2D eigenvalue weighted by Crippen LogP contribution is 2.34. The Morgan fingerprint density at radius 3 is 2.86 bits per heavy atom. The SMILES string of the molecule is COc1cc(NC(=O)c2ccccc2F)cc2sc(N)nc12. The van der Waals surface area contributed by atoms with E-state index in [2.05, 4.69) is 10.3 Å². The molecule has 0 atom stereocenters. The van der Waals surface area contributed by atoms with Crippen LogP contribution in [0.15, 0.2) is 36.4 Å². The largest absolute Gasteiger partial charge is 0.494 e. The first-order valence-corrected chi connectivity index (χ1v) is 7.20. The number of thiazole rings is 1. The Morgan fingerprint density at radius 1 is 1.36 bits per heavy atom. The molecular formula is C15H12FN3O2S. The monoisotopic (exact) mass is 317 g/mol. The van der Waals surface area contributed by atoms with Gasteiger partial charge in [-0.05, 0) is 18.2 Å². The van der Waals surface area contributed by atoms with Crippen molar-refractivity contribution in [3.8, 4) is 5.75 Å². The number of rotatable bonds is 3. The molecule has 3 N–H and O–H groups in total. The second kappa shape index (κ2) is 5.61. The van der Waals surface area contributed by atoms with Gasteiger partial charge in [-0.25, -0.2) is 9.37 Å². The van der Waals surface area contributed by atoms with Gasteiger partial charge in [0.25, 0.3) is 5.91 Å². The summed E-state index contributed by atoms with van der Waals surface area (Å²) in [6.07, 6.45) is 0. The van der Waals surface area contributed by atoms with E-state index in [0.29, 0.717) is 22.1 Å². The second-order valence-corrected chi connectivity index (χ2v) is 5.57. The van der Waals surface area contributed by atoms with E-state index in [4.69, 9.17) is 10.5 Å². The van der Waals surface area contributed by atoms with E-state index in [0.717, 1.165) is 4.70 Å². The molecule has 0 radical (unpaired) electrons. The maximum atomic E-state index is 13.6. The number of aromatic nitrogens is 1. The lowest BCUT2D eigenvalue weighted by Crippen LogP contribution is -2.13. The Kier molecular flexibility index (Phi) is 3.64. The fourth-order valence-corrected chi connectivity index (χ4v) is 2.88. The molecule has 7 heteroatoms. The first kappa shape index (κ1) is 14.3. The van der Waals surface area contributed by atoms with Crippen molar-refractivity contribution in [2.75, 3.05) is 18.2 Å². The number of hydrogen-bond acceptors (Lipinski definition) is 5. The van der Waals surface area contributed by atoms with Crippen molar-refractivity contribution in [1.29, 1.82) is 0 Å². The van der Waals surface area contributed by atoms with Gasteiger partial charge in [0.2, 0.25) is 0 Å². The summed E-state index contributed by atoms with van der Waals surface area (Å²) in [5, 5.41) is 3.06. The molecule has 2 aromatic carbocycles. The molecule has 0 aliphatic rings. The van der Waals surface area contributed by atoms with E-state index in [1.807, 2.05) is 0 Å². The number of ether oxygens (including phenoxy) is 1. The zero-order valence-corrected chi connectivity index (χ0v) is 12.4. The molecule has 112 valence electrons. The topological polar surface area (TPSA) is 77.2 Å². The minimum absolute atomic E-state index is 0.0228. The molecule has 5 nitrogen and oxygen atoms in total. The number of amides is 1. The molecule has 0 saturated heterocycles. The second-order valence-electron chi connectivity index (χ2n) is 4.51.